The summed E-state index contributed by atoms with van der Waals surface area (Å²) < 4.78 is 0. The Labute approximate surface area is 118 Å². The van der Waals surface area contributed by atoms with Crippen LogP contribution in [0.2, 0.25) is 0 Å². The lowest BCUT2D eigenvalue weighted by Gasteiger charge is -2.57. The standard InChI is InChI=1S/C17H30N2/c1-16(10-18)2-3-19(11-16)12-17-7-13-4-14(8-17)6-15(5-13)9-17/h13-15H,2-12,18H2,1H3. The van der Waals surface area contributed by atoms with E-state index in [1.165, 1.54) is 26.1 Å². The zero-order chi connectivity index (χ0) is 13.1. The number of nitrogens with two attached hydrogens (primary N) is 1. The maximum atomic E-state index is 5.96. The highest BCUT2D eigenvalue weighted by atomic mass is 15.2. The summed E-state index contributed by atoms with van der Waals surface area (Å²) in [6, 6.07) is 0. The van der Waals surface area contributed by atoms with E-state index >= 15 is 0 Å². The molecule has 0 amide bonds. The topological polar surface area (TPSA) is 29.3 Å². The molecule has 2 nitrogen and oxygen atoms in total. The Morgan fingerprint density at radius 2 is 1.63 bits per heavy atom. The van der Waals surface area contributed by atoms with Crippen LogP contribution in [0.3, 0.4) is 0 Å². The first-order chi connectivity index (χ1) is 9.08. The van der Waals surface area contributed by atoms with E-state index in [9.17, 15) is 0 Å². The first kappa shape index (κ1) is 12.6. The molecular formula is C17H30N2. The Bertz CT molecular complexity index is 329. The summed E-state index contributed by atoms with van der Waals surface area (Å²) in [4.78, 5) is 2.76. The van der Waals surface area contributed by atoms with Gasteiger partial charge in [-0.25, -0.2) is 0 Å². The van der Waals surface area contributed by atoms with Gasteiger partial charge in [0.2, 0.25) is 0 Å². The predicted molar refractivity (Wildman–Crippen MR) is 78.8 cm³/mol. The van der Waals surface area contributed by atoms with Gasteiger partial charge in [-0.1, -0.05) is 6.92 Å². The molecule has 108 valence electrons. The average Bonchev–Trinajstić information content (AvgIpc) is 2.69. The Hall–Kier alpha value is -0.0800. The normalized spacial score (nSPS) is 53.1. The maximum absolute atomic E-state index is 5.96. The lowest BCUT2D eigenvalue weighted by atomic mass is 9.49. The fraction of sp³-hybridized carbons (Fsp3) is 1.00. The van der Waals surface area contributed by atoms with Crippen LogP contribution in [0.15, 0.2) is 0 Å². The fourth-order valence-electron chi connectivity index (χ4n) is 6.39. The van der Waals surface area contributed by atoms with Gasteiger partial charge < -0.3 is 10.6 Å². The Morgan fingerprint density at radius 1 is 1.05 bits per heavy atom. The lowest BCUT2D eigenvalue weighted by molar-refractivity contribution is -0.0673. The van der Waals surface area contributed by atoms with Crippen LogP contribution in [-0.2, 0) is 0 Å². The largest absolute Gasteiger partial charge is 0.330 e. The van der Waals surface area contributed by atoms with E-state index in [0.29, 0.717) is 10.8 Å². The molecule has 2 heteroatoms. The summed E-state index contributed by atoms with van der Waals surface area (Å²) in [6.07, 6.45) is 10.7. The third kappa shape index (κ3) is 2.15. The van der Waals surface area contributed by atoms with Gasteiger partial charge in [-0.15, -0.1) is 0 Å². The zero-order valence-electron chi connectivity index (χ0n) is 12.5. The average molecular weight is 262 g/mol. The van der Waals surface area contributed by atoms with Crippen molar-refractivity contribution in [1.29, 1.82) is 0 Å². The lowest BCUT2D eigenvalue weighted by Crippen LogP contribution is -2.51. The number of hydrogen-bond acceptors (Lipinski definition) is 2. The van der Waals surface area contributed by atoms with Gasteiger partial charge in [0.25, 0.3) is 0 Å². The van der Waals surface area contributed by atoms with E-state index in [0.717, 1.165) is 24.3 Å². The molecule has 1 heterocycles. The van der Waals surface area contributed by atoms with Gasteiger partial charge in [0, 0.05) is 13.1 Å². The van der Waals surface area contributed by atoms with E-state index in [4.69, 9.17) is 5.73 Å². The van der Waals surface area contributed by atoms with Crippen molar-refractivity contribution in [3.05, 3.63) is 0 Å². The third-order valence-electron chi connectivity index (χ3n) is 6.85. The minimum absolute atomic E-state index is 0.405. The van der Waals surface area contributed by atoms with Crippen molar-refractivity contribution >= 4 is 0 Å². The quantitative estimate of drug-likeness (QED) is 0.847. The highest BCUT2D eigenvalue weighted by molar-refractivity contribution is 5.03. The fourth-order valence-corrected chi connectivity index (χ4v) is 6.39. The van der Waals surface area contributed by atoms with Crippen LogP contribution in [-0.4, -0.2) is 31.1 Å². The van der Waals surface area contributed by atoms with Crippen LogP contribution in [0.1, 0.15) is 51.9 Å². The van der Waals surface area contributed by atoms with Gasteiger partial charge in [0.1, 0.15) is 0 Å². The van der Waals surface area contributed by atoms with Crippen LogP contribution in [0.5, 0.6) is 0 Å². The number of nitrogens with zero attached hydrogens (tertiary/aromatic N) is 1. The van der Waals surface area contributed by atoms with Crippen molar-refractivity contribution in [2.24, 2.45) is 34.3 Å². The van der Waals surface area contributed by atoms with Crippen LogP contribution in [0.4, 0.5) is 0 Å². The van der Waals surface area contributed by atoms with Gasteiger partial charge in [-0.05, 0) is 86.6 Å². The number of likely N-dealkylation sites (tertiary alicyclic amines) is 1. The van der Waals surface area contributed by atoms with E-state index < -0.39 is 0 Å². The summed E-state index contributed by atoms with van der Waals surface area (Å²) in [7, 11) is 0. The number of rotatable bonds is 3. The van der Waals surface area contributed by atoms with Crippen LogP contribution >= 0.6 is 0 Å². The molecule has 0 radical (unpaired) electrons. The molecule has 2 N–H and O–H groups in total. The molecule has 1 saturated heterocycles. The van der Waals surface area contributed by atoms with Crippen molar-refractivity contribution in [1.82, 2.24) is 4.90 Å². The molecule has 4 bridgehead atoms. The molecule has 0 spiro atoms. The van der Waals surface area contributed by atoms with Gasteiger partial charge in [0.05, 0.1) is 0 Å². The Balaban J connectivity index is 1.46. The van der Waals surface area contributed by atoms with Crippen LogP contribution in [0.25, 0.3) is 0 Å². The van der Waals surface area contributed by atoms with E-state index in [-0.39, 0.29) is 0 Å². The van der Waals surface area contributed by atoms with E-state index in [1.54, 1.807) is 38.5 Å². The molecule has 1 atom stereocenters. The molecule has 5 fully saturated rings. The first-order valence-corrected chi connectivity index (χ1v) is 8.51. The molecule has 0 aromatic heterocycles. The second kappa shape index (κ2) is 4.21. The first-order valence-electron chi connectivity index (χ1n) is 8.51. The van der Waals surface area contributed by atoms with Crippen molar-refractivity contribution in [3.63, 3.8) is 0 Å². The van der Waals surface area contributed by atoms with Crippen molar-refractivity contribution < 1.29 is 0 Å². The molecule has 0 aromatic rings. The van der Waals surface area contributed by atoms with Gasteiger partial charge in [-0.2, -0.15) is 0 Å². The molecule has 5 rings (SSSR count). The minimum Gasteiger partial charge on any atom is -0.330 e. The highest BCUT2D eigenvalue weighted by Gasteiger charge is 2.51. The van der Waals surface area contributed by atoms with E-state index in [1.807, 2.05) is 0 Å². The molecule has 1 aliphatic heterocycles. The summed E-state index contributed by atoms with van der Waals surface area (Å²) in [5, 5.41) is 0. The smallest absolute Gasteiger partial charge is 0.00481 e. The van der Waals surface area contributed by atoms with E-state index in [2.05, 4.69) is 11.8 Å². The van der Waals surface area contributed by atoms with Crippen LogP contribution in [0, 0.1) is 28.6 Å². The third-order valence-corrected chi connectivity index (χ3v) is 6.85. The molecule has 4 aliphatic carbocycles. The summed E-state index contributed by atoms with van der Waals surface area (Å²) in [5.41, 5.74) is 7.09. The summed E-state index contributed by atoms with van der Waals surface area (Å²) in [5.74, 6) is 3.28. The predicted octanol–water partition coefficient (Wildman–Crippen LogP) is 2.87. The van der Waals surface area contributed by atoms with Crippen molar-refractivity contribution in [2.45, 2.75) is 51.9 Å². The second-order valence-electron chi connectivity index (χ2n) is 8.89. The zero-order valence-corrected chi connectivity index (χ0v) is 12.5. The van der Waals surface area contributed by atoms with Gasteiger partial charge in [-0.3, -0.25) is 0 Å². The van der Waals surface area contributed by atoms with Crippen LogP contribution < -0.4 is 5.73 Å². The highest BCUT2D eigenvalue weighted by Crippen LogP contribution is 2.60. The molecule has 5 aliphatic rings. The Morgan fingerprint density at radius 3 is 2.11 bits per heavy atom. The van der Waals surface area contributed by atoms with Crippen molar-refractivity contribution in [2.75, 3.05) is 26.2 Å². The molecule has 1 unspecified atom stereocenters. The van der Waals surface area contributed by atoms with Gasteiger partial charge in [0.15, 0.2) is 0 Å². The summed E-state index contributed by atoms with van der Waals surface area (Å²) >= 11 is 0. The summed E-state index contributed by atoms with van der Waals surface area (Å²) in [6.45, 7) is 7.20. The molecule has 0 aromatic carbocycles. The maximum Gasteiger partial charge on any atom is 0.00481 e. The monoisotopic (exact) mass is 262 g/mol. The molecule has 4 saturated carbocycles. The molecule has 19 heavy (non-hydrogen) atoms. The minimum atomic E-state index is 0.405. The van der Waals surface area contributed by atoms with Crippen molar-refractivity contribution in [3.8, 4) is 0 Å². The number of hydrogen-bond donors (Lipinski definition) is 1. The SMILES string of the molecule is CC1(CN)CCN(CC23CC4CC(CC(C4)C2)C3)C1. The second-order valence-corrected chi connectivity index (χ2v) is 8.89. The van der Waals surface area contributed by atoms with Gasteiger partial charge >= 0.3 is 0 Å². The molecular weight excluding hydrogens is 232 g/mol. The Kier molecular flexibility index (Phi) is 2.80.